The number of rotatable bonds is 5. The predicted molar refractivity (Wildman–Crippen MR) is 107 cm³/mol. The second kappa shape index (κ2) is 7.74. The van der Waals surface area contributed by atoms with Gasteiger partial charge in [0.15, 0.2) is 0 Å². The van der Waals surface area contributed by atoms with Crippen molar-refractivity contribution in [2.75, 3.05) is 6.61 Å². The molecule has 0 bridgehead atoms. The Balaban J connectivity index is 1.85. The summed E-state index contributed by atoms with van der Waals surface area (Å²) in [5, 5.41) is 1.35. The lowest BCUT2D eigenvalue weighted by Crippen LogP contribution is -2.15. The highest BCUT2D eigenvalue weighted by atomic mass is 32.1. The van der Waals surface area contributed by atoms with Gasteiger partial charge in [0.1, 0.15) is 5.75 Å². The highest BCUT2D eigenvalue weighted by Gasteiger charge is 2.16. The summed E-state index contributed by atoms with van der Waals surface area (Å²) in [5.74, 6) is 2.40. The van der Waals surface area contributed by atoms with Gasteiger partial charge >= 0.3 is 0 Å². The first kappa shape index (κ1) is 17.5. The fraction of sp³-hybridized carbons (Fsp3) is 0.545. The Morgan fingerprint density at radius 2 is 1.92 bits per heavy atom. The van der Waals surface area contributed by atoms with Crippen molar-refractivity contribution in [2.45, 2.75) is 59.8 Å². The number of fused-ring (bicyclic) bond motifs is 1. The van der Waals surface area contributed by atoms with Crippen LogP contribution in [-0.2, 0) is 0 Å². The summed E-state index contributed by atoms with van der Waals surface area (Å²) in [6.07, 6.45) is 11.4. The zero-order chi connectivity index (χ0) is 17.1. The first-order valence-electron chi connectivity index (χ1n) is 9.39. The Kier molecular flexibility index (Phi) is 5.65. The molecule has 2 aromatic rings. The molecule has 1 fully saturated rings. The molecule has 0 unspecified atom stereocenters. The van der Waals surface area contributed by atoms with Crippen molar-refractivity contribution in [3.63, 3.8) is 0 Å². The van der Waals surface area contributed by atoms with E-state index in [-0.39, 0.29) is 0 Å². The van der Waals surface area contributed by atoms with E-state index < -0.39 is 0 Å². The van der Waals surface area contributed by atoms with Gasteiger partial charge in [0, 0.05) is 15.0 Å². The standard InChI is InChI=1S/C22H30OS/c1-15(2)10-11-19-17(4)24-22-12-16(3)21(13-20(19)22)23-14-18-8-6-5-7-9-18/h10-13,15,18H,5-9,14H2,1-4H3/b11-10-. The van der Waals surface area contributed by atoms with Crippen LogP contribution in [-0.4, -0.2) is 6.61 Å². The molecule has 1 aliphatic rings. The number of allylic oxidation sites excluding steroid dienone is 1. The number of ether oxygens (including phenoxy) is 1. The van der Waals surface area contributed by atoms with E-state index in [1.807, 2.05) is 11.3 Å². The summed E-state index contributed by atoms with van der Waals surface area (Å²) >= 11 is 1.89. The van der Waals surface area contributed by atoms with Gasteiger partial charge in [-0.1, -0.05) is 45.3 Å². The summed E-state index contributed by atoms with van der Waals surface area (Å²) < 4.78 is 7.63. The first-order valence-corrected chi connectivity index (χ1v) is 10.2. The van der Waals surface area contributed by atoms with Crippen LogP contribution in [0.5, 0.6) is 5.75 Å². The van der Waals surface area contributed by atoms with E-state index in [9.17, 15) is 0 Å². The molecule has 0 spiro atoms. The lowest BCUT2D eigenvalue weighted by atomic mass is 9.90. The Bertz CT molecular complexity index is 717. The average Bonchev–Trinajstić information content (AvgIpc) is 2.86. The number of hydrogen-bond donors (Lipinski definition) is 0. The molecule has 3 rings (SSSR count). The number of hydrogen-bond acceptors (Lipinski definition) is 2. The highest BCUT2D eigenvalue weighted by molar-refractivity contribution is 7.19. The van der Waals surface area contributed by atoms with E-state index in [0.717, 1.165) is 18.3 Å². The highest BCUT2D eigenvalue weighted by Crippen LogP contribution is 2.37. The molecular weight excluding hydrogens is 312 g/mol. The van der Waals surface area contributed by atoms with Gasteiger partial charge < -0.3 is 4.74 Å². The second-order valence-electron chi connectivity index (χ2n) is 7.60. The third-order valence-corrected chi connectivity index (χ3v) is 6.14. The molecule has 130 valence electrons. The zero-order valence-corrected chi connectivity index (χ0v) is 16.3. The van der Waals surface area contributed by atoms with Crippen molar-refractivity contribution in [3.05, 3.63) is 34.2 Å². The van der Waals surface area contributed by atoms with Crippen molar-refractivity contribution in [2.24, 2.45) is 11.8 Å². The van der Waals surface area contributed by atoms with Gasteiger partial charge in [-0.2, -0.15) is 0 Å². The van der Waals surface area contributed by atoms with Gasteiger partial charge in [0.25, 0.3) is 0 Å². The summed E-state index contributed by atoms with van der Waals surface area (Å²) in [6.45, 7) is 9.73. The SMILES string of the molecule is Cc1cc2sc(C)c(/C=C\C(C)C)c2cc1OCC1CCCCC1. The molecule has 1 saturated carbocycles. The normalized spacial score (nSPS) is 16.5. The van der Waals surface area contributed by atoms with Crippen LogP contribution in [0.4, 0.5) is 0 Å². The van der Waals surface area contributed by atoms with E-state index in [4.69, 9.17) is 4.74 Å². The Morgan fingerprint density at radius 3 is 2.62 bits per heavy atom. The molecule has 0 aliphatic heterocycles. The molecule has 1 aromatic carbocycles. The fourth-order valence-electron chi connectivity index (χ4n) is 3.58. The molecule has 0 atom stereocenters. The minimum Gasteiger partial charge on any atom is -0.493 e. The van der Waals surface area contributed by atoms with E-state index in [0.29, 0.717) is 5.92 Å². The van der Waals surface area contributed by atoms with Crippen molar-refractivity contribution >= 4 is 27.5 Å². The van der Waals surface area contributed by atoms with Gasteiger partial charge in [0.2, 0.25) is 0 Å². The van der Waals surface area contributed by atoms with Crippen molar-refractivity contribution in [1.82, 2.24) is 0 Å². The molecule has 2 heteroatoms. The van der Waals surface area contributed by atoms with Gasteiger partial charge in [-0.05, 0) is 61.8 Å². The van der Waals surface area contributed by atoms with Crippen molar-refractivity contribution in [3.8, 4) is 5.75 Å². The number of aryl methyl sites for hydroxylation is 2. The Hall–Kier alpha value is -1.28. The number of benzene rings is 1. The van der Waals surface area contributed by atoms with Gasteiger partial charge in [-0.15, -0.1) is 11.3 Å². The van der Waals surface area contributed by atoms with Gasteiger partial charge in [-0.3, -0.25) is 0 Å². The molecular formula is C22H30OS. The maximum absolute atomic E-state index is 6.25. The summed E-state index contributed by atoms with van der Waals surface area (Å²) in [6, 6.07) is 4.58. The largest absolute Gasteiger partial charge is 0.493 e. The maximum Gasteiger partial charge on any atom is 0.122 e. The monoisotopic (exact) mass is 342 g/mol. The van der Waals surface area contributed by atoms with Crippen LogP contribution in [0.25, 0.3) is 16.2 Å². The lowest BCUT2D eigenvalue weighted by Gasteiger charge is -2.22. The van der Waals surface area contributed by atoms with E-state index in [2.05, 4.69) is 52.0 Å². The van der Waals surface area contributed by atoms with Gasteiger partial charge in [0.05, 0.1) is 6.61 Å². The predicted octanol–water partition coefficient (Wildman–Crippen LogP) is 7.15. The molecule has 1 heterocycles. The second-order valence-corrected chi connectivity index (χ2v) is 8.86. The molecule has 24 heavy (non-hydrogen) atoms. The minimum absolute atomic E-state index is 0.576. The first-order chi connectivity index (χ1) is 11.5. The molecule has 0 N–H and O–H groups in total. The van der Waals surface area contributed by atoms with Crippen molar-refractivity contribution in [1.29, 1.82) is 0 Å². The van der Waals surface area contributed by atoms with E-state index in [1.165, 1.54) is 58.2 Å². The van der Waals surface area contributed by atoms with Crippen molar-refractivity contribution < 1.29 is 4.74 Å². The number of thiophene rings is 1. The van der Waals surface area contributed by atoms with Crippen LogP contribution in [0, 0.1) is 25.7 Å². The summed E-state index contributed by atoms with van der Waals surface area (Å²) in [4.78, 5) is 1.39. The van der Waals surface area contributed by atoms with E-state index in [1.54, 1.807) is 0 Å². The Morgan fingerprint density at radius 1 is 1.17 bits per heavy atom. The zero-order valence-electron chi connectivity index (χ0n) is 15.5. The summed E-state index contributed by atoms with van der Waals surface area (Å²) in [7, 11) is 0. The molecule has 1 aliphatic carbocycles. The van der Waals surface area contributed by atoms with Gasteiger partial charge in [-0.25, -0.2) is 0 Å². The molecule has 0 saturated heterocycles. The van der Waals surface area contributed by atoms with Crippen LogP contribution in [0.15, 0.2) is 18.2 Å². The smallest absolute Gasteiger partial charge is 0.122 e. The fourth-order valence-corrected chi connectivity index (χ4v) is 4.71. The van der Waals surface area contributed by atoms with Crippen LogP contribution >= 0.6 is 11.3 Å². The molecule has 0 radical (unpaired) electrons. The molecule has 1 aromatic heterocycles. The average molecular weight is 343 g/mol. The topological polar surface area (TPSA) is 9.23 Å². The third-order valence-electron chi connectivity index (χ3n) is 5.06. The van der Waals surface area contributed by atoms with Crippen LogP contribution in [0.3, 0.4) is 0 Å². The van der Waals surface area contributed by atoms with E-state index >= 15 is 0 Å². The third kappa shape index (κ3) is 4.03. The van der Waals surface area contributed by atoms with Crippen LogP contribution in [0.2, 0.25) is 0 Å². The summed E-state index contributed by atoms with van der Waals surface area (Å²) in [5.41, 5.74) is 2.63. The maximum atomic E-state index is 6.25. The molecule has 1 nitrogen and oxygen atoms in total. The minimum atomic E-state index is 0.576. The lowest BCUT2D eigenvalue weighted by molar-refractivity contribution is 0.208. The molecule has 0 amide bonds. The van der Waals surface area contributed by atoms with Crippen LogP contribution < -0.4 is 4.74 Å². The van der Waals surface area contributed by atoms with Crippen LogP contribution in [0.1, 0.15) is 62.0 Å². The Labute approximate surface area is 150 Å². The quantitative estimate of drug-likeness (QED) is 0.560.